The van der Waals surface area contributed by atoms with Crippen LogP contribution in [0.5, 0.6) is 5.75 Å². The Morgan fingerprint density at radius 2 is 1.91 bits per heavy atom. The Morgan fingerprint density at radius 3 is 2.70 bits per heavy atom. The van der Waals surface area contributed by atoms with Gasteiger partial charge in [-0.2, -0.15) is 5.26 Å². The molecular weight excluding hydrogens is 480 g/mol. The van der Waals surface area contributed by atoms with E-state index in [0.29, 0.717) is 36.5 Å². The second-order valence-corrected chi connectivity index (χ2v) is 9.05. The Bertz CT molecular complexity index is 1380. The number of hydrogen-bond acceptors (Lipinski definition) is 5. The molecule has 1 aliphatic heterocycles. The van der Waals surface area contributed by atoms with E-state index in [4.69, 9.17) is 15.2 Å². The first-order valence-corrected chi connectivity index (χ1v) is 11.6. The molecule has 33 heavy (non-hydrogen) atoms. The van der Waals surface area contributed by atoms with Crippen LogP contribution in [0, 0.1) is 11.3 Å². The van der Waals surface area contributed by atoms with Crippen LogP contribution in [-0.4, -0.2) is 5.78 Å². The van der Waals surface area contributed by atoms with Gasteiger partial charge in [-0.05, 0) is 62.4 Å². The van der Waals surface area contributed by atoms with E-state index in [1.807, 2.05) is 30.3 Å². The number of nitriles is 1. The van der Waals surface area contributed by atoms with Crippen molar-refractivity contribution in [2.75, 3.05) is 0 Å². The Balaban J connectivity index is 1.42. The van der Waals surface area contributed by atoms with Gasteiger partial charge in [0.05, 0.1) is 10.4 Å². The molecule has 0 bridgehead atoms. The molecule has 2 N–H and O–H groups in total. The predicted octanol–water partition coefficient (Wildman–Crippen LogP) is 6.00. The number of carbonyl (C=O) groups excluding carboxylic acids is 1. The van der Waals surface area contributed by atoms with Crippen molar-refractivity contribution in [2.45, 2.75) is 31.8 Å². The lowest BCUT2D eigenvalue weighted by atomic mass is 9.77. The van der Waals surface area contributed by atoms with E-state index >= 15 is 0 Å². The van der Waals surface area contributed by atoms with Crippen LogP contribution in [0.1, 0.15) is 36.3 Å². The molecule has 0 spiro atoms. The number of halogens is 1. The number of ketones is 1. The number of Topliss-reactive ketones (excluding diaryl/α,β-unsaturated/α-hetero) is 1. The Kier molecular flexibility index (Phi) is 5.65. The van der Waals surface area contributed by atoms with Gasteiger partial charge in [-0.15, -0.1) is 0 Å². The Morgan fingerprint density at radius 1 is 1.09 bits per heavy atom. The molecule has 0 unspecified atom stereocenters. The monoisotopic (exact) mass is 500 g/mol. The summed E-state index contributed by atoms with van der Waals surface area (Å²) < 4.78 is 12.5. The molecule has 0 radical (unpaired) electrons. The van der Waals surface area contributed by atoms with E-state index in [2.05, 4.69) is 52.3 Å². The van der Waals surface area contributed by atoms with Crippen LogP contribution in [0.3, 0.4) is 0 Å². The van der Waals surface area contributed by atoms with Gasteiger partial charge >= 0.3 is 0 Å². The fraction of sp³-hybridized carbons (Fsp3) is 0.185. The largest absolute Gasteiger partial charge is 0.488 e. The van der Waals surface area contributed by atoms with E-state index in [9.17, 15) is 10.1 Å². The van der Waals surface area contributed by atoms with Gasteiger partial charge in [-0.25, -0.2) is 0 Å². The topological polar surface area (TPSA) is 85.3 Å². The third-order valence-corrected chi connectivity index (χ3v) is 6.72. The van der Waals surface area contributed by atoms with Crippen LogP contribution in [0.2, 0.25) is 0 Å². The fourth-order valence-electron chi connectivity index (χ4n) is 4.49. The van der Waals surface area contributed by atoms with Crippen LogP contribution in [0.25, 0.3) is 10.8 Å². The number of nitrogens with zero attached hydrogens (tertiary/aromatic N) is 1. The van der Waals surface area contributed by atoms with Crippen molar-refractivity contribution in [3.63, 3.8) is 0 Å². The standard InChI is InChI=1S/C27H21BrN2O3/c28-21-13-19(25-20(14-29)27(30)33-24-7-3-6-22(31)26(24)25)10-11-23(21)32-15-16-8-9-17-4-1-2-5-18(17)12-16/h1-2,4-5,8-13,25H,3,6-7,15,30H2/t25-/m1/s1. The molecule has 1 atom stereocenters. The molecule has 6 heteroatoms. The lowest BCUT2D eigenvalue weighted by molar-refractivity contribution is -0.116. The summed E-state index contributed by atoms with van der Waals surface area (Å²) in [4.78, 5) is 12.7. The van der Waals surface area contributed by atoms with Crippen LogP contribution in [-0.2, 0) is 16.1 Å². The number of allylic oxidation sites excluding steroid dienone is 3. The van der Waals surface area contributed by atoms with E-state index < -0.39 is 5.92 Å². The first-order valence-electron chi connectivity index (χ1n) is 10.8. The van der Waals surface area contributed by atoms with Crippen LogP contribution in [0.15, 0.2) is 87.9 Å². The number of ether oxygens (including phenoxy) is 2. The summed E-state index contributed by atoms with van der Waals surface area (Å²) in [5, 5.41) is 12.1. The van der Waals surface area contributed by atoms with Crippen molar-refractivity contribution >= 4 is 32.5 Å². The van der Waals surface area contributed by atoms with Crippen molar-refractivity contribution in [2.24, 2.45) is 5.73 Å². The highest BCUT2D eigenvalue weighted by Gasteiger charge is 2.38. The number of hydrogen-bond donors (Lipinski definition) is 1. The van der Waals surface area contributed by atoms with E-state index in [1.165, 1.54) is 10.8 Å². The van der Waals surface area contributed by atoms with Crippen LogP contribution in [0.4, 0.5) is 0 Å². The van der Waals surface area contributed by atoms with Crippen molar-refractivity contribution in [1.82, 2.24) is 0 Å². The molecule has 0 saturated carbocycles. The molecule has 5 rings (SSSR count). The summed E-state index contributed by atoms with van der Waals surface area (Å²) in [6.45, 7) is 0.421. The fourth-order valence-corrected chi connectivity index (χ4v) is 5.00. The third kappa shape index (κ3) is 4.01. The maximum Gasteiger partial charge on any atom is 0.205 e. The number of rotatable bonds is 4. The van der Waals surface area contributed by atoms with Crippen molar-refractivity contribution < 1.29 is 14.3 Å². The SMILES string of the molecule is N#CC1=C(N)OC2=C(C(=O)CCC2)[C@@H]1c1ccc(OCc2ccc3ccccc3c2)c(Br)c1. The molecule has 1 heterocycles. The zero-order chi connectivity index (χ0) is 22.9. The number of fused-ring (bicyclic) bond motifs is 1. The first-order chi connectivity index (χ1) is 16.0. The van der Waals surface area contributed by atoms with Gasteiger partial charge in [-0.3, -0.25) is 4.79 Å². The van der Waals surface area contributed by atoms with Gasteiger partial charge in [0.25, 0.3) is 0 Å². The van der Waals surface area contributed by atoms with Crippen LogP contribution < -0.4 is 10.5 Å². The lowest BCUT2D eigenvalue weighted by Crippen LogP contribution is -2.27. The summed E-state index contributed by atoms with van der Waals surface area (Å²) in [5.74, 6) is 0.814. The number of carbonyl (C=O) groups is 1. The third-order valence-electron chi connectivity index (χ3n) is 6.10. The van der Waals surface area contributed by atoms with E-state index in [1.54, 1.807) is 0 Å². The molecule has 0 aromatic heterocycles. The second-order valence-electron chi connectivity index (χ2n) is 8.20. The van der Waals surface area contributed by atoms with Gasteiger partial charge < -0.3 is 15.2 Å². The molecule has 2 aliphatic rings. The molecule has 3 aromatic carbocycles. The molecule has 164 valence electrons. The average Bonchev–Trinajstić information content (AvgIpc) is 2.82. The highest BCUT2D eigenvalue weighted by atomic mass is 79.9. The highest BCUT2D eigenvalue weighted by Crippen LogP contribution is 2.44. The second kappa shape index (κ2) is 8.76. The Hall–Kier alpha value is -3.56. The van der Waals surface area contributed by atoms with E-state index in [0.717, 1.165) is 22.0 Å². The normalized spacial score (nSPS) is 18.1. The molecule has 0 fully saturated rings. The zero-order valence-corrected chi connectivity index (χ0v) is 19.4. The highest BCUT2D eigenvalue weighted by molar-refractivity contribution is 9.10. The zero-order valence-electron chi connectivity index (χ0n) is 17.8. The minimum absolute atomic E-state index is 0.00857. The molecule has 0 amide bonds. The van der Waals surface area contributed by atoms with E-state index in [-0.39, 0.29) is 17.2 Å². The van der Waals surface area contributed by atoms with Crippen molar-refractivity contribution in [1.29, 1.82) is 5.26 Å². The van der Waals surface area contributed by atoms with Gasteiger partial charge in [0.2, 0.25) is 5.88 Å². The number of benzene rings is 3. The number of nitrogens with two attached hydrogens (primary N) is 1. The molecule has 1 aliphatic carbocycles. The van der Waals surface area contributed by atoms with Crippen molar-refractivity contribution in [3.05, 3.63) is 99.1 Å². The molecule has 0 saturated heterocycles. The maximum absolute atomic E-state index is 12.7. The maximum atomic E-state index is 12.7. The van der Waals surface area contributed by atoms with Gasteiger partial charge in [-0.1, -0.05) is 42.5 Å². The lowest BCUT2D eigenvalue weighted by Gasteiger charge is -2.31. The smallest absolute Gasteiger partial charge is 0.205 e. The average molecular weight is 501 g/mol. The quantitative estimate of drug-likeness (QED) is 0.474. The first kappa shape index (κ1) is 21.3. The Labute approximate surface area is 200 Å². The predicted molar refractivity (Wildman–Crippen MR) is 129 cm³/mol. The minimum atomic E-state index is -0.530. The molecule has 3 aromatic rings. The summed E-state index contributed by atoms with van der Waals surface area (Å²) in [5.41, 5.74) is 8.72. The van der Waals surface area contributed by atoms with Crippen molar-refractivity contribution in [3.8, 4) is 11.8 Å². The molecular formula is C27H21BrN2O3. The van der Waals surface area contributed by atoms with Crippen LogP contribution >= 0.6 is 15.9 Å². The minimum Gasteiger partial charge on any atom is -0.488 e. The molecule has 5 nitrogen and oxygen atoms in total. The summed E-state index contributed by atoms with van der Waals surface area (Å²) >= 11 is 3.60. The summed E-state index contributed by atoms with van der Waals surface area (Å²) in [7, 11) is 0. The van der Waals surface area contributed by atoms with Gasteiger partial charge in [0, 0.05) is 18.4 Å². The summed E-state index contributed by atoms with van der Waals surface area (Å²) in [6, 6.07) is 22.3. The van der Waals surface area contributed by atoms with Gasteiger partial charge in [0.1, 0.15) is 29.8 Å². The van der Waals surface area contributed by atoms with Gasteiger partial charge in [0.15, 0.2) is 5.78 Å². The summed E-state index contributed by atoms with van der Waals surface area (Å²) in [6.07, 6.45) is 1.82.